The number of likely N-dealkylation sites (N-methyl/N-ethyl adjacent to an activating group) is 1. The smallest absolute Gasteiger partial charge is 0.246 e. The Balaban J connectivity index is 2.58. The highest BCUT2D eigenvalue weighted by atomic mass is 79.9. The number of carbonyl (C=O) groups is 2. The molecule has 1 amide bonds. The number of rotatable bonds is 6. The molecular formula is C15H18BrNO2. The Labute approximate surface area is 122 Å². The maximum Gasteiger partial charge on any atom is 0.246 e. The van der Waals surface area contributed by atoms with Crippen molar-refractivity contribution in [1.29, 1.82) is 0 Å². The molecule has 0 heterocycles. The third-order valence-corrected chi connectivity index (χ3v) is 3.26. The summed E-state index contributed by atoms with van der Waals surface area (Å²) in [5.74, 6) is -0.302. The molecule has 4 heteroatoms. The van der Waals surface area contributed by atoms with Crippen LogP contribution in [-0.2, 0) is 4.79 Å². The lowest BCUT2D eigenvalue weighted by molar-refractivity contribution is -0.124. The highest BCUT2D eigenvalue weighted by molar-refractivity contribution is 9.10. The number of nitrogens with zero attached hydrogens (tertiary/aromatic N) is 1. The normalized spacial score (nSPS) is 10.7. The Morgan fingerprint density at radius 1 is 1.21 bits per heavy atom. The molecule has 0 radical (unpaired) electrons. The van der Waals surface area contributed by atoms with Gasteiger partial charge in [-0.15, -0.1) is 0 Å². The third-order valence-electron chi connectivity index (χ3n) is 2.73. The molecule has 0 spiro atoms. The van der Waals surface area contributed by atoms with E-state index >= 15 is 0 Å². The van der Waals surface area contributed by atoms with Crippen LogP contribution in [0.5, 0.6) is 0 Å². The van der Waals surface area contributed by atoms with Crippen molar-refractivity contribution >= 4 is 27.6 Å². The van der Waals surface area contributed by atoms with Gasteiger partial charge in [-0.3, -0.25) is 9.59 Å². The highest BCUT2D eigenvalue weighted by Gasteiger charge is 2.06. The van der Waals surface area contributed by atoms with Crippen LogP contribution in [0.1, 0.15) is 30.1 Å². The Morgan fingerprint density at radius 3 is 2.42 bits per heavy atom. The zero-order valence-corrected chi connectivity index (χ0v) is 12.8. The number of allylic oxidation sites excluding steroid dienone is 1. The van der Waals surface area contributed by atoms with E-state index in [2.05, 4.69) is 22.9 Å². The molecule has 0 fully saturated rings. The van der Waals surface area contributed by atoms with Crippen LogP contribution in [0.4, 0.5) is 0 Å². The van der Waals surface area contributed by atoms with E-state index in [9.17, 15) is 9.59 Å². The minimum atomic E-state index is -0.162. The van der Waals surface area contributed by atoms with Crippen molar-refractivity contribution in [2.24, 2.45) is 0 Å². The highest BCUT2D eigenvalue weighted by Crippen LogP contribution is 2.11. The van der Waals surface area contributed by atoms with Gasteiger partial charge in [-0.25, -0.2) is 0 Å². The summed E-state index contributed by atoms with van der Waals surface area (Å²) in [7, 11) is 1.74. The molecule has 0 aliphatic heterocycles. The Hall–Kier alpha value is -1.42. The number of hydrogen-bond acceptors (Lipinski definition) is 2. The Bertz CT molecular complexity index is 466. The van der Waals surface area contributed by atoms with Gasteiger partial charge in [-0.2, -0.15) is 0 Å². The maximum atomic E-state index is 11.8. The number of amides is 1. The lowest BCUT2D eigenvalue weighted by atomic mass is 10.1. The summed E-state index contributed by atoms with van der Waals surface area (Å²) in [6.07, 6.45) is 4.67. The second-order valence-corrected chi connectivity index (χ2v) is 5.23. The van der Waals surface area contributed by atoms with Crippen molar-refractivity contribution in [3.63, 3.8) is 0 Å². The molecule has 1 aromatic carbocycles. The van der Waals surface area contributed by atoms with Gasteiger partial charge in [0, 0.05) is 29.7 Å². The summed E-state index contributed by atoms with van der Waals surface area (Å²) >= 11 is 3.31. The molecule has 0 aliphatic carbocycles. The maximum absolute atomic E-state index is 11.8. The van der Waals surface area contributed by atoms with E-state index in [1.807, 2.05) is 0 Å². The van der Waals surface area contributed by atoms with Crippen molar-refractivity contribution in [3.8, 4) is 0 Å². The molecule has 0 unspecified atom stereocenters. The fraction of sp³-hybridized carbons (Fsp3) is 0.333. The van der Waals surface area contributed by atoms with Crippen LogP contribution in [0.15, 0.2) is 40.9 Å². The van der Waals surface area contributed by atoms with Gasteiger partial charge >= 0.3 is 0 Å². The molecule has 0 saturated carbocycles. The molecule has 1 aromatic rings. The predicted octanol–water partition coefficient (Wildman–Crippen LogP) is 3.45. The average molecular weight is 324 g/mol. The van der Waals surface area contributed by atoms with Crippen LogP contribution < -0.4 is 0 Å². The summed E-state index contributed by atoms with van der Waals surface area (Å²) in [6, 6.07) is 7.05. The average Bonchev–Trinajstić information content (AvgIpc) is 2.42. The van der Waals surface area contributed by atoms with Gasteiger partial charge in [0.1, 0.15) is 0 Å². The number of hydrogen-bond donors (Lipinski definition) is 0. The van der Waals surface area contributed by atoms with Crippen molar-refractivity contribution in [3.05, 3.63) is 46.5 Å². The minimum Gasteiger partial charge on any atom is -0.342 e. The molecule has 0 bridgehead atoms. The van der Waals surface area contributed by atoms with Gasteiger partial charge in [-0.1, -0.05) is 29.3 Å². The monoisotopic (exact) mass is 323 g/mol. The number of unbranched alkanes of at least 4 members (excludes halogenated alkanes) is 1. The van der Waals surface area contributed by atoms with Crippen molar-refractivity contribution in [2.45, 2.75) is 19.8 Å². The van der Waals surface area contributed by atoms with Crippen LogP contribution in [0.2, 0.25) is 0 Å². The second-order valence-electron chi connectivity index (χ2n) is 4.32. The molecule has 0 atom stereocenters. The van der Waals surface area contributed by atoms with Gasteiger partial charge in [0.05, 0.1) is 0 Å². The standard InChI is InChI=1S/C15H18BrNO2/c1-3-4-11-17(2)15(19)10-9-14(18)12-5-7-13(16)8-6-12/h5-10H,3-4,11H2,1-2H3/b10-9+. The van der Waals surface area contributed by atoms with Gasteiger partial charge in [-0.05, 0) is 36.8 Å². The largest absolute Gasteiger partial charge is 0.342 e. The summed E-state index contributed by atoms with van der Waals surface area (Å²) in [6.45, 7) is 2.79. The van der Waals surface area contributed by atoms with E-state index < -0.39 is 0 Å². The van der Waals surface area contributed by atoms with Crippen LogP contribution in [0, 0.1) is 0 Å². The lowest BCUT2D eigenvalue weighted by Gasteiger charge is -2.13. The molecule has 102 valence electrons. The van der Waals surface area contributed by atoms with Crippen LogP contribution >= 0.6 is 15.9 Å². The van der Waals surface area contributed by atoms with E-state index in [0.717, 1.165) is 17.3 Å². The van der Waals surface area contributed by atoms with Crippen LogP contribution in [0.3, 0.4) is 0 Å². The SMILES string of the molecule is CCCCN(C)C(=O)/C=C/C(=O)c1ccc(Br)cc1. The molecule has 0 saturated heterocycles. The van der Waals surface area contributed by atoms with Crippen molar-refractivity contribution in [2.75, 3.05) is 13.6 Å². The second kappa shape index (κ2) is 7.89. The quantitative estimate of drug-likeness (QED) is 0.594. The van der Waals surface area contributed by atoms with E-state index in [1.165, 1.54) is 12.2 Å². The number of carbonyl (C=O) groups excluding carboxylic acids is 2. The third kappa shape index (κ3) is 5.39. The lowest BCUT2D eigenvalue weighted by Crippen LogP contribution is -2.25. The first-order valence-electron chi connectivity index (χ1n) is 6.27. The van der Waals surface area contributed by atoms with E-state index in [1.54, 1.807) is 36.2 Å². The zero-order valence-electron chi connectivity index (χ0n) is 11.2. The fourth-order valence-electron chi connectivity index (χ4n) is 1.49. The molecular weight excluding hydrogens is 306 g/mol. The predicted molar refractivity (Wildman–Crippen MR) is 80.2 cm³/mol. The Morgan fingerprint density at radius 2 is 1.84 bits per heavy atom. The summed E-state index contributed by atoms with van der Waals surface area (Å²) in [5, 5.41) is 0. The first kappa shape index (κ1) is 15.6. The van der Waals surface area contributed by atoms with E-state index in [0.29, 0.717) is 12.1 Å². The van der Waals surface area contributed by atoms with Gasteiger partial charge in [0.25, 0.3) is 0 Å². The van der Waals surface area contributed by atoms with Gasteiger partial charge in [0.15, 0.2) is 5.78 Å². The summed E-state index contributed by atoms with van der Waals surface area (Å²) in [4.78, 5) is 25.2. The van der Waals surface area contributed by atoms with Crippen LogP contribution in [0.25, 0.3) is 0 Å². The molecule has 19 heavy (non-hydrogen) atoms. The number of ketones is 1. The van der Waals surface area contributed by atoms with Crippen molar-refractivity contribution in [1.82, 2.24) is 4.90 Å². The number of benzene rings is 1. The van der Waals surface area contributed by atoms with Crippen LogP contribution in [-0.4, -0.2) is 30.2 Å². The summed E-state index contributed by atoms with van der Waals surface area (Å²) in [5.41, 5.74) is 0.573. The summed E-state index contributed by atoms with van der Waals surface area (Å²) < 4.78 is 0.920. The van der Waals surface area contributed by atoms with E-state index in [4.69, 9.17) is 0 Å². The Kier molecular flexibility index (Phi) is 6.50. The minimum absolute atomic E-state index is 0.140. The van der Waals surface area contributed by atoms with E-state index in [-0.39, 0.29) is 11.7 Å². The zero-order chi connectivity index (χ0) is 14.3. The fourth-order valence-corrected chi connectivity index (χ4v) is 1.75. The molecule has 1 rings (SSSR count). The number of halogens is 1. The topological polar surface area (TPSA) is 37.4 Å². The van der Waals surface area contributed by atoms with Crippen molar-refractivity contribution < 1.29 is 9.59 Å². The first-order valence-corrected chi connectivity index (χ1v) is 7.07. The van der Waals surface area contributed by atoms with Gasteiger partial charge < -0.3 is 4.90 Å². The molecule has 3 nitrogen and oxygen atoms in total. The first-order chi connectivity index (χ1) is 9.04. The molecule has 0 N–H and O–H groups in total. The molecule has 0 aliphatic rings. The van der Waals surface area contributed by atoms with Gasteiger partial charge in [0.2, 0.25) is 5.91 Å². The molecule has 0 aromatic heterocycles.